The summed E-state index contributed by atoms with van der Waals surface area (Å²) in [6, 6.07) is 11.4. The van der Waals surface area contributed by atoms with Gasteiger partial charge in [0.05, 0.1) is 18.0 Å². The molecule has 1 heterocycles. The molecule has 1 aromatic carbocycles. The Labute approximate surface area is 109 Å². The first kappa shape index (κ1) is 12.3. The fourth-order valence-corrected chi connectivity index (χ4v) is 2.10. The van der Waals surface area contributed by atoms with Gasteiger partial charge in [-0.15, -0.1) is 11.3 Å². The van der Waals surface area contributed by atoms with E-state index in [2.05, 4.69) is 11.1 Å². The molecular formula is C13H11N3OS. The van der Waals surface area contributed by atoms with E-state index in [1.54, 1.807) is 15.8 Å². The van der Waals surface area contributed by atoms with E-state index in [1.807, 2.05) is 30.3 Å². The highest BCUT2D eigenvalue weighted by molar-refractivity contribution is 7.07. The van der Waals surface area contributed by atoms with Crippen LogP contribution < -0.4 is 4.90 Å². The average molecular weight is 257 g/mol. The summed E-state index contributed by atoms with van der Waals surface area (Å²) in [5.41, 5.74) is 2.83. The van der Waals surface area contributed by atoms with Crippen molar-refractivity contribution in [1.29, 1.82) is 5.26 Å². The number of rotatable bonds is 4. The van der Waals surface area contributed by atoms with Crippen molar-refractivity contribution in [2.75, 3.05) is 11.4 Å². The number of benzene rings is 1. The lowest BCUT2D eigenvalue weighted by Crippen LogP contribution is -2.32. The van der Waals surface area contributed by atoms with Crippen LogP contribution >= 0.6 is 11.3 Å². The predicted molar refractivity (Wildman–Crippen MR) is 70.5 cm³/mol. The molecule has 1 aromatic heterocycles. The fraction of sp³-hybridized carbons (Fsp3) is 0.154. The SMILES string of the molecule is N#CCCN(C(=O)c1cscn1)c1ccccc1. The molecule has 0 aliphatic rings. The zero-order chi connectivity index (χ0) is 12.8. The Bertz CT molecular complexity index is 545. The molecule has 0 aliphatic carbocycles. The Morgan fingerprint density at radius 1 is 1.39 bits per heavy atom. The quantitative estimate of drug-likeness (QED) is 0.846. The van der Waals surface area contributed by atoms with Crippen LogP contribution in [0, 0.1) is 11.3 Å². The number of nitrogens with zero attached hydrogens (tertiary/aromatic N) is 3. The van der Waals surface area contributed by atoms with Crippen molar-refractivity contribution >= 4 is 22.9 Å². The van der Waals surface area contributed by atoms with E-state index >= 15 is 0 Å². The molecule has 0 spiro atoms. The first-order valence-corrected chi connectivity index (χ1v) is 6.39. The number of aromatic nitrogens is 1. The lowest BCUT2D eigenvalue weighted by Gasteiger charge is -2.20. The van der Waals surface area contributed by atoms with Gasteiger partial charge in [0.2, 0.25) is 0 Å². The highest BCUT2D eigenvalue weighted by Crippen LogP contribution is 2.17. The molecule has 0 N–H and O–H groups in total. The molecule has 0 unspecified atom stereocenters. The second-order valence-corrected chi connectivity index (χ2v) is 4.29. The maximum absolute atomic E-state index is 12.3. The second kappa shape index (κ2) is 5.94. The minimum Gasteiger partial charge on any atom is -0.306 e. The monoisotopic (exact) mass is 257 g/mol. The van der Waals surface area contributed by atoms with Gasteiger partial charge in [-0.25, -0.2) is 4.98 Å². The minimum absolute atomic E-state index is 0.169. The molecule has 0 saturated heterocycles. The van der Waals surface area contributed by atoms with Gasteiger partial charge in [-0.3, -0.25) is 4.79 Å². The Morgan fingerprint density at radius 2 is 2.17 bits per heavy atom. The third-order valence-electron chi connectivity index (χ3n) is 2.41. The summed E-state index contributed by atoms with van der Waals surface area (Å²) in [7, 11) is 0. The third kappa shape index (κ3) is 2.73. The van der Waals surface area contributed by atoms with Crippen molar-refractivity contribution in [1.82, 2.24) is 4.98 Å². The average Bonchev–Trinajstić information content (AvgIpc) is 2.94. The molecule has 2 rings (SSSR count). The summed E-state index contributed by atoms with van der Waals surface area (Å²) in [6.45, 7) is 0.372. The molecule has 0 radical (unpaired) electrons. The Balaban J connectivity index is 2.26. The van der Waals surface area contributed by atoms with Crippen LogP contribution in [-0.2, 0) is 0 Å². The summed E-state index contributed by atoms with van der Waals surface area (Å²) < 4.78 is 0. The van der Waals surface area contributed by atoms with Crippen LogP contribution in [0.2, 0.25) is 0 Å². The van der Waals surface area contributed by atoms with Crippen LogP contribution in [0.25, 0.3) is 0 Å². The molecule has 0 bridgehead atoms. The first-order chi connectivity index (χ1) is 8.83. The van der Waals surface area contributed by atoms with Crippen LogP contribution in [0.5, 0.6) is 0 Å². The number of hydrogen-bond donors (Lipinski definition) is 0. The van der Waals surface area contributed by atoms with E-state index in [-0.39, 0.29) is 5.91 Å². The van der Waals surface area contributed by atoms with E-state index in [0.29, 0.717) is 18.7 Å². The highest BCUT2D eigenvalue weighted by atomic mass is 32.1. The number of para-hydroxylation sites is 1. The first-order valence-electron chi connectivity index (χ1n) is 5.45. The normalized spacial score (nSPS) is 9.72. The van der Waals surface area contributed by atoms with Crippen molar-refractivity contribution in [2.24, 2.45) is 0 Å². The standard InChI is InChI=1S/C13H11N3OS/c14-7-4-8-16(11-5-2-1-3-6-11)13(17)12-9-18-10-15-12/h1-3,5-6,9-10H,4,8H2. The van der Waals surface area contributed by atoms with E-state index in [9.17, 15) is 4.79 Å². The molecule has 4 nitrogen and oxygen atoms in total. The summed E-state index contributed by atoms with van der Waals surface area (Å²) in [6.07, 6.45) is 0.296. The van der Waals surface area contributed by atoms with Crippen LogP contribution in [0.3, 0.4) is 0 Å². The fourth-order valence-electron chi connectivity index (χ4n) is 1.57. The van der Waals surface area contributed by atoms with Crippen LogP contribution in [-0.4, -0.2) is 17.4 Å². The number of carbonyl (C=O) groups is 1. The van der Waals surface area contributed by atoms with E-state index < -0.39 is 0 Å². The predicted octanol–water partition coefficient (Wildman–Crippen LogP) is 2.70. The van der Waals surface area contributed by atoms with Crippen molar-refractivity contribution in [3.05, 3.63) is 46.9 Å². The second-order valence-electron chi connectivity index (χ2n) is 3.57. The molecular weight excluding hydrogens is 246 g/mol. The van der Waals surface area contributed by atoms with Gasteiger partial charge < -0.3 is 4.90 Å². The summed E-state index contributed by atoms with van der Waals surface area (Å²) in [4.78, 5) is 17.9. The van der Waals surface area contributed by atoms with Gasteiger partial charge in [0, 0.05) is 17.6 Å². The number of amides is 1. The van der Waals surface area contributed by atoms with Crippen molar-refractivity contribution in [2.45, 2.75) is 6.42 Å². The Kier molecular flexibility index (Phi) is 4.05. The van der Waals surface area contributed by atoms with Crippen LogP contribution in [0.4, 0.5) is 5.69 Å². The largest absolute Gasteiger partial charge is 0.306 e. The molecule has 90 valence electrons. The van der Waals surface area contributed by atoms with Crippen molar-refractivity contribution in [3.8, 4) is 6.07 Å². The zero-order valence-corrected chi connectivity index (χ0v) is 10.4. The highest BCUT2D eigenvalue weighted by Gasteiger charge is 2.18. The minimum atomic E-state index is -0.169. The van der Waals surface area contributed by atoms with Gasteiger partial charge in [-0.2, -0.15) is 5.26 Å². The van der Waals surface area contributed by atoms with Crippen molar-refractivity contribution < 1.29 is 4.79 Å². The molecule has 2 aromatic rings. The molecule has 0 aliphatic heterocycles. The zero-order valence-electron chi connectivity index (χ0n) is 9.61. The maximum Gasteiger partial charge on any atom is 0.277 e. The third-order valence-corrected chi connectivity index (χ3v) is 3.00. The Hall–Kier alpha value is -2.19. The number of anilines is 1. The number of nitriles is 1. The summed E-state index contributed by atoms with van der Waals surface area (Å²) in [5, 5.41) is 10.4. The van der Waals surface area contributed by atoms with Crippen molar-refractivity contribution in [3.63, 3.8) is 0 Å². The van der Waals surface area contributed by atoms with Gasteiger partial charge in [-0.1, -0.05) is 18.2 Å². The Morgan fingerprint density at radius 3 is 2.78 bits per heavy atom. The van der Waals surface area contributed by atoms with Gasteiger partial charge in [0.1, 0.15) is 5.69 Å². The lowest BCUT2D eigenvalue weighted by molar-refractivity contribution is 0.0983. The maximum atomic E-state index is 12.3. The molecule has 5 heteroatoms. The number of carbonyl (C=O) groups excluding carboxylic acids is 1. The lowest BCUT2D eigenvalue weighted by atomic mass is 10.2. The smallest absolute Gasteiger partial charge is 0.277 e. The molecule has 0 fully saturated rings. The molecule has 1 amide bonds. The van der Waals surface area contributed by atoms with Crippen LogP contribution in [0.15, 0.2) is 41.2 Å². The molecule has 0 saturated carbocycles. The van der Waals surface area contributed by atoms with Gasteiger partial charge in [0.25, 0.3) is 5.91 Å². The van der Waals surface area contributed by atoms with Crippen LogP contribution in [0.1, 0.15) is 16.9 Å². The summed E-state index contributed by atoms with van der Waals surface area (Å²) >= 11 is 1.38. The number of thiazole rings is 1. The van der Waals surface area contributed by atoms with E-state index in [1.165, 1.54) is 11.3 Å². The number of hydrogen-bond acceptors (Lipinski definition) is 4. The van der Waals surface area contributed by atoms with Gasteiger partial charge >= 0.3 is 0 Å². The topological polar surface area (TPSA) is 57.0 Å². The van der Waals surface area contributed by atoms with E-state index in [4.69, 9.17) is 5.26 Å². The summed E-state index contributed by atoms with van der Waals surface area (Å²) in [5.74, 6) is -0.169. The van der Waals surface area contributed by atoms with Gasteiger partial charge in [-0.05, 0) is 12.1 Å². The van der Waals surface area contributed by atoms with E-state index in [0.717, 1.165) is 5.69 Å². The molecule has 0 atom stereocenters. The molecule has 18 heavy (non-hydrogen) atoms. The van der Waals surface area contributed by atoms with Gasteiger partial charge in [0.15, 0.2) is 0 Å².